The molecule has 2 aromatic heterocycles. The summed E-state index contributed by atoms with van der Waals surface area (Å²) in [5.41, 5.74) is 1.06. The summed E-state index contributed by atoms with van der Waals surface area (Å²) in [6.07, 6.45) is 2.96. The average molecular weight is 312 g/mol. The van der Waals surface area contributed by atoms with Gasteiger partial charge >= 0.3 is 0 Å². The van der Waals surface area contributed by atoms with E-state index in [1.54, 1.807) is 6.07 Å². The van der Waals surface area contributed by atoms with Crippen LogP contribution in [0.2, 0.25) is 0 Å². The fourth-order valence-electron chi connectivity index (χ4n) is 1.92. The van der Waals surface area contributed by atoms with Crippen molar-refractivity contribution in [1.82, 2.24) is 20.2 Å². The normalized spacial score (nSPS) is 12.1. The van der Waals surface area contributed by atoms with Gasteiger partial charge in [0, 0.05) is 13.1 Å². The smallest absolute Gasteiger partial charge is 0.258 e. The summed E-state index contributed by atoms with van der Waals surface area (Å²) < 4.78 is 32.0. The van der Waals surface area contributed by atoms with E-state index in [9.17, 15) is 8.42 Å². The second-order valence-electron chi connectivity index (χ2n) is 4.65. The first-order chi connectivity index (χ1) is 10.1. The number of aromatic nitrogens is 2. The second-order valence-corrected chi connectivity index (χ2v) is 6.42. The number of rotatable bonds is 8. The predicted molar refractivity (Wildman–Crippen MR) is 79.5 cm³/mol. The predicted octanol–water partition coefficient (Wildman–Crippen LogP) is 1.06. The third-order valence-corrected chi connectivity index (χ3v) is 4.47. The molecule has 0 aliphatic rings. The molecular formula is C13H20N4O3S. The lowest BCUT2D eigenvalue weighted by molar-refractivity contribution is 0.439. The van der Waals surface area contributed by atoms with Gasteiger partial charge in [-0.25, -0.2) is 18.1 Å². The van der Waals surface area contributed by atoms with Crippen molar-refractivity contribution in [3.63, 3.8) is 0 Å². The van der Waals surface area contributed by atoms with E-state index in [0.29, 0.717) is 36.3 Å². The van der Waals surface area contributed by atoms with Gasteiger partial charge < -0.3 is 9.84 Å². The highest BCUT2D eigenvalue weighted by Crippen LogP contribution is 2.20. The lowest BCUT2D eigenvalue weighted by atomic mass is 10.2. The Morgan fingerprint density at radius 3 is 2.76 bits per heavy atom. The fraction of sp³-hybridized carbons (Fsp3) is 0.538. The minimum absolute atomic E-state index is 0.128. The van der Waals surface area contributed by atoms with Gasteiger partial charge in [-0.15, -0.1) is 0 Å². The molecule has 0 fully saturated rings. The van der Waals surface area contributed by atoms with E-state index < -0.39 is 10.0 Å². The highest BCUT2D eigenvalue weighted by molar-refractivity contribution is 7.89. The van der Waals surface area contributed by atoms with Crippen LogP contribution < -0.4 is 10.0 Å². The number of hydrogen-bond donors (Lipinski definition) is 2. The number of aryl methyl sites for hydroxylation is 1. The van der Waals surface area contributed by atoms with E-state index >= 15 is 0 Å². The van der Waals surface area contributed by atoms with Gasteiger partial charge in [-0.1, -0.05) is 19.0 Å². The molecule has 0 radical (unpaired) electrons. The Kier molecular flexibility index (Phi) is 5.27. The van der Waals surface area contributed by atoms with Gasteiger partial charge in [-0.2, -0.15) is 0 Å². The SMILES string of the molecule is CCCNCCNS(=O)(=O)c1cnc2onc(CC)c2c1. The Morgan fingerprint density at radius 2 is 2.05 bits per heavy atom. The van der Waals surface area contributed by atoms with Crippen molar-refractivity contribution in [2.75, 3.05) is 19.6 Å². The maximum Gasteiger partial charge on any atom is 0.258 e. The highest BCUT2D eigenvalue weighted by atomic mass is 32.2. The van der Waals surface area contributed by atoms with E-state index in [0.717, 1.165) is 13.0 Å². The third-order valence-electron chi connectivity index (χ3n) is 3.05. The Balaban J connectivity index is 2.12. The maximum absolute atomic E-state index is 12.2. The van der Waals surface area contributed by atoms with Crippen molar-refractivity contribution < 1.29 is 12.9 Å². The van der Waals surface area contributed by atoms with Crippen LogP contribution in [0.5, 0.6) is 0 Å². The van der Waals surface area contributed by atoms with Gasteiger partial charge in [0.05, 0.1) is 17.3 Å². The Hall–Kier alpha value is -1.51. The van der Waals surface area contributed by atoms with Crippen LogP contribution in [0.4, 0.5) is 0 Å². The van der Waals surface area contributed by atoms with Crippen LogP contribution >= 0.6 is 0 Å². The van der Waals surface area contributed by atoms with Crippen molar-refractivity contribution in [3.05, 3.63) is 18.0 Å². The molecule has 0 amide bonds. The summed E-state index contributed by atoms with van der Waals surface area (Å²) in [4.78, 5) is 4.14. The number of nitrogens with zero attached hydrogens (tertiary/aromatic N) is 2. The molecule has 8 heteroatoms. The van der Waals surface area contributed by atoms with Gasteiger partial charge in [-0.3, -0.25) is 0 Å². The van der Waals surface area contributed by atoms with Crippen LogP contribution in [-0.2, 0) is 16.4 Å². The topological polar surface area (TPSA) is 97.1 Å². The Labute approximate surface area is 124 Å². The van der Waals surface area contributed by atoms with Gasteiger partial charge in [-0.05, 0) is 25.5 Å². The zero-order valence-electron chi connectivity index (χ0n) is 12.2. The van der Waals surface area contributed by atoms with Gasteiger partial charge in [0.15, 0.2) is 0 Å². The van der Waals surface area contributed by atoms with E-state index in [4.69, 9.17) is 4.52 Å². The molecule has 21 heavy (non-hydrogen) atoms. The van der Waals surface area contributed by atoms with Crippen molar-refractivity contribution in [2.24, 2.45) is 0 Å². The molecule has 0 atom stereocenters. The van der Waals surface area contributed by atoms with Crippen molar-refractivity contribution in [1.29, 1.82) is 0 Å². The van der Waals surface area contributed by atoms with Gasteiger partial charge in [0.2, 0.25) is 10.0 Å². The summed E-state index contributed by atoms with van der Waals surface area (Å²) >= 11 is 0. The lowest BCUT2D eigenvalue weighted by Gasteiger charge is -2.07. The maximum atomic E-state index is 12.2. The zero-order chi connectivity index (χ0) is 15.3. The monoisotopic (exact) mass is 312 g/mol. The molecule has 2 aromatic rings. The van der Waals surface area contributed by atoms with E-state index in [1.807, 2.05) is 6.92 Å². The van der Waals surface area contributed by atoms with Crippen LogP contribution in [0.1, 0.15) is 26.0 Å². The van der Waals surface area contributed by atoms with Crippen molar-refractivity contribution >= 4 is 21.1 Å². The Morgan fingerprint density at radius 1 is 1.24 bits per heavy atom. The molecule has 7 nitrogen and oxygen atoms in total. The Bertz CT molecular complexity index is 697. The van der Waals surface area contributed by atoms with Crippen LogP contribution in [0.3, 0.4) is 0 Å². The molecule has 2 heterocycles. The number of hydrogen-bond acceptors (Lipinski definition) is 6. The van der Waals surface area contributed by atoms with Crippen molar-refractivity contribution in [2.45, 2.75) is 31.6 Å². The van der Waals surface area contributed by atoms with Crippen LogP contribution in [0.25, 0.3) is 11.1 Å². The minimum atomic E-state index is -3.56. The van der Waals surface area contributed by atoms with Crippen LogP contribution in [0.15, 0.2) is 21.7 Å². The minimum Gasteiger partial charge on any atom is -0.336 e. The second kappa shape index (κ2) is 6.97. The number of sulfonamides is 1. The van der Waals surface area contributed by atoms with E-state index in [1.165, 1.54) is 6.20 Å². The molecule has 2 N–H and O–H groups in total. The van der Waals surface area contributed by atoms with Gasteiger partial charge in [0.25, 0.3) is 5.71 Å². The first kappa shape index (κ1) is 15.9. The molecule has 0 aliphatic heterocycles. The first-order valence-electron chi connectivity index (χ1n) is 7.03. The molecular weight excluding hydrogens is 292 g/mol. The molecule has 116 valence electrons. The molecule has 0 bridgehead atoms. The lowest BCUT2D eigenvalue weighted by Crippen LogP contribution is -2.32. The molecule has 0 saturated carbocycles. The van der Waals surface area contributed by atoms with E-state index in [-0.39, 0.29) is 4.90 Å². The highest BCUT2D eigenvalue weighted by Gasteiger charge is 2.17. The third kappa shape index (κ3) is 3.78. The summed E-state index contributed by atoms with van der Waals surface area (Å²) in [5.74, 6) is 0. The van der Waals surface area contributed by atoms with E-state index in [2.05, 4.69) is 27.1 Å². The molecule has 0 spiro atoms. The molecule has 0 aliphatic carbocycles. The number of fused-ring (bicyclic) bond motifs is 1. The molecule has 0 aromatic carbocycles. The zero-order valence-corrected chi connectivity index (χ0v) is 13.0. The number of pyridine rings is 1. The summed E-state index contributed by atoms with van der Waals surface area (Å²) in [6.45, 7) is 5.79. The summed E-state index contributed by atoms with van der Waals surface area (Å²) in [6, 6.07) is 1.56. The first-order valence-corrected chi connectivity index (χ1v) is 8.51. The summed E-state index contributed by atoms with van der Waals surface area (Å²) in [7, 11) is -3.56. The molecule has 0 saturated heterocycles. The van der Waals surface area contributed by atoms with Crippen LogP contribution in [0, 0.1) is 0 Å². The van der Waals surface area contributed by atoms with Gasteiger partial charge in [0.1, 0.15) is 4.90 Å². The summed E-state index contributed by atoms with van der Waals surface area (Å²) in [5, 5.41) is 7.65. The van der Waals surface area contributed by atoms with Crippen molar-refractivity contribution in [3.8, 4) is 0 Å². The van der Waals surface area contributed by atoms with Crippen LogP contribution in [-0.4, -0.2) is 38.2 Å². The quantitative estimate of drug-likeness (QED) is 0.708. The average Bonchev–Trinajstić information content (AvgIpc) is 2.89. The standard InChI is InChI=1S/C13H20N4O3S/c1-3-5-14-6-7-16-21(18,19)10-8-11-12(4-2)17-20-13(11)15-9-10/h8-9,14,16H,3-7H2,1-2H3. The largest absolute Gasteiger partial charge is 0.336 e. The molecule has 0 unspecified atom stereocenters. The molecule has 2 rings (SSSR count). The fourth-order valence-corrected chi connectivity index (χ4v) is 2.92. The number of nitrogens with one attached hydrogen (secondary N) is 2.